The Morgan fingerprint density at radius 3 is 2.36 bits per heavy atom. The van der Waals surface area contributed by atoms with Gasteiger partial charge in [0, 0.05) is 38.6 Å². The van der Waals surface area contributed by atoms with Crippen LogP contribution in [0.15, 0.2) is 47.6 Å². The maximum Gasteiger partial charge on any atom is 0.244 e. The van der Waals surface area contributed by atoms with Crippen LogP contribution in [0.1, 0.15) is 0 Å². The normalized spacial score (nSPS) is 16.7. The Hall–Kier alpha value is -1.70. The Morgan fingerprint density at radius 1 is 1.00 bits per heavy atom. The summed E-state index contributed by atoms with van der Waals surface area (Å²) in [6.45, 7) is 2.05. The number of nitrogens with zero attached hydrogens (tertiary/aromatic N) is 4. The summed E-state index contributed by atoms with van der Waals surface area (Å²) in [5, 5.41) is 0.277. The minimum atomic E-state index is -3.52. The third-order valence-corrected chi connectivity index (χ3v) is 5.66. The molecule has 0 aliphatic carbocycles. The van der Waals surface area contributed by atoms with Crippen molar-refractivity contribution in [3.8, 4) is 0 Å². The molecular formula is C14H15ClN4O2S. The van der Waals surface area contributed by atoms with Crippen LogP contribution in [-0.2, 0) is 10.0 Å². The molecule has 2 aromatic heterocycles. The fraction of sp³-hybridized carbons (Fsp3) is 0.286. The number of pyridine rings is 2. The highest BCUT2D eigenvalue weighted by Crippen LogP contribution is 2.20. The van der Waals surface area contributed by atoms with Gasteiger partial charge in [0.25, 0.3) is 0 Å². The van der Waals surface area contributed by atoms with E-state index >= 15 is 0 Å². The molecule has 22 heavy (non-hydrogen) atoms. The van der Waals surface area contributed by atoms with E-state index in [4.69, 9.17) is 11.6 Å². The predicted molar refractivity (Wildman–Crippen MR) is 84.5 cm³/mol. The van der Waals surface area contributed by atoms with Crippen molar-refractivity contribution in [1.29, 1.82) is 0 Å². The summed E-state index contributed by atoms with van der Waals surface area (Å²) >= 11 is 5.70. The molecule has 2 aromatic rings. The van der Waals surface area contributed by atoms with Crippen LogP contribution in [0, 0.1) is 0 Å². The van der Waals surface area contributed by atoms with Crippen LogP contribution in [-0.4, -0.2) is 48.9 Å². The molecule has 0 bridgehead atoms. The van der Waals surface area contributed by atoms with E-state index in [-0.39, 0.29) is 10.0 Å². The maximum atomic E-state index is 12.6. The minimum Gasteiger partial charge on any atom is -0.354 e. The molecule has 0 amide bonds. The smallest absolute Gasteiger partial charge is 0.244 e. The third kappa shape index (κ3) is 3.06. The van der Waals surface area contributed by atoms with Crippen LogP contribution in [0.25, 0.3) is 0 Å². The van der Waals surface area contributed by atoms with Gasteiger partial charge in [-0.25, -0.2) is 18.4 Å². The standard InChI is InChI=1S/C14H15ClN4O2S/c15-13-5-4-12(11-17-13)22(20,21)19-9-7-18(8-10-19)14-3-1-2-6-16-14/h1-6,11H,7-10H2. The summed E-state index contributed by atoms with van der Waals surface area (Å²) in [5.41, 5.74) is 0. The van der Waals surface area contributed by atoms with E-state index in [0.717, 1.165) is 5.82 Å². The Balaban J connectivity index is 1.72. The predicted octanol–water partition coefficient (Wildman–Crippen LogP) is 1.64. The van der Waals surface area contributed by atoms with Gasteiger partial charge in [-0.1, -0.05) is 17.7 Å². The largest absolute Gasteiger partial charge is 0.354 e. The molecule has 1 saturated heterocycles. The van der Waals surface area contributed by atoms with Gasteiger partial charge in [-0.3, -0.25) is 0 Å². The lowest BCUT2D eigenvalue weighted by atomic mass is 10.3. The second kappa shape index (κ2) is 6.20. The second-order valence-electron chi connectivity index (χ2n) is 4.90. The highest BCUT2D eigenvalue weighted by atomic mass is 35.5. The molecule has 116 valence electrons. The quantitative estimate of drug-likeness (QED) is 0.796. The molecule has 3 heterocycles. The van der Waals surface area contributed by atoms with Gasteiger partial charge in [-0.15, -0.1) is 0 Å². The molecule has 0 atom stereocenters. The number of aromatic nitrogens is 2. The van der Waals surface area contributed by atoms with E-state index in [9.17, 15) is 8.42 Å². The number of rotatable bonds is 3. The molecular weight excluding hydrogens is 324 g/mol. The van der Waals surface area contributed by atoms with Crippen LogP contribution in [0.2, 0.25) is 5.15 Å². The minimum absolute atomic E-state index is 0.170. The molecule has 3 rings (SSSR count). The molecule has 6 nitrogen and oxygen atoms in total. The van der Waals surface area contributed by atoms with Gasteiger partial charge in [-0.2, -0.15) is 4.31 Å². The number of piperazine rings is 1. The first-order valence-electron chi connectivity index (χ1n) is 6.85. The summed E-state index contributed by atoms with van der Waals surface area (Å²) < 4.78 is 26.6. The maximum absolute atomic E-state index is 12.6. The van der Waals surface area contributed by atoms with Crippen molar-refractivity contribution in [3.05, 3.63) is 47.9 Å². The second-order valence-corrected chi connectivity index (χ2v) is 7.22. The molecule has 1 fully saturated rings. The first-order valence-corrected chi connectivity index (χ1v) is 8.67. The van der Waals surface area contributed by atoms with Gasteiger partial charge < -0.3 is 4.90 Å². The van der Waals surface area contributed by atoms with Gasteiger partial charge in [0.05, 0.1) is 0 Å². The molecule has 0 unspecified atom stereocenters. The number of halogens is 1. The average molecular weight is 339 g/mol. The zero-order chi connectivity index (χ0) is 15.6. The van der Waals surface area contributed by atoms with Crippen LogP contribution in [0.4, 0.5) is 5.82 Å². The van der Waals surface area contributed by atoms with E-state index in [1.165, 1.54) is 22.6 Å². The molecule has 0 saturated carbocycles. The summed E-state index contributed by atoms with van der Waals surface area (Å²) in [4.78, 5) is 10.4. The molecule has 8 heteroatoms. The lowest BCUT2D eigenvalue weighted by molar-refractivity contribution is 0.383. The average Bonchev–Trinajstić information content (AvgIpc) is 2.56. The number of sulfonamides is 1. The number of hydrogen-bond acceptors (Lipinski definition) is 5. The van der Waals surface area contributed by atoms with Crippen molar-refractivity contribution >= 4 is 27.4 Å². The number of anilines is 1. The summed E-state index contributed by atoms with van der Waals surface area (Å²) in [7, 11) is -3.52. The van der Waals surface area contributed by atoms with Crippen LogP contribution in [0.3, 0.4) is 0 Å². The zero-order valence-corrected chi connectivity index (χ0v) is 13.3. The molecule has 1 aliphatic heterocycles. The van der Waals surface area contributed by atoms with Crippen molar-refractivity contribution in [1.82, 2.24) is 14.3 Å². The van der Waals surface area contributed by atoms with Gasteiger partial charge in [0.2, 0.25) is 10.0 Å². The van der Waals surface area contributed by atoms with Crippen molar-refractivity contribution < 1.29 is 8.42 Å². The SMILES string of the molecule is O=S(=O)(c1ccc(Cl)nc1)N1CCN(c2ccccn2)CC1. The van der Waals surface area contributed by atoms with Crippen molar-refractivity contribution in [3.63, 3.8) is 0 Å². The van der Waals surface area contributed by atoms with Crippen molar-refractivity contribution in [2.45, 2.75) is 4.90 Å². The Labute approximate surface area is 134 Å². The molecule has 1 aliphatic rings. The molecule has 0 N–H and O–H groups in total. The van der Waals surface area contributed by atoms with Crippen LogP contribution >= 0.6 is 11.6 Å². The highest BCUT2D eigenvalue weighted by molar-refractivity contribution is 7.89. The monoisotopic (exact) mass is 338 g/mol. The fourth-order valence-corrected chi connectivity index (χ4v) is 3.84. The lowest BCUT2D eigenvalue weighted by Gasteiger charge is -2.34. The molecule has 0 radical (unpaired) electrons. The topological polar surface area (TPSA) is 66.4 Å². The van der Waals surface area contributed by atoms with Crippen LogP contribution in [0.5, 0.6) is 0 Å². The Morgan fingerprint density at radius 2 is 1.77 bits per heavy atom. The van der Waals surface area contributed by atoms with Crippen molar-refractivity contribution in [2.24, 2.45) is 0 Å². The van der Waals surface area contributed by atoms with Gasteiger partial charge in [0.15, 0.2) is 0 Å². The Kier molecular flexibility index (Phi) is 4.28. The van der Waals surface area contributed by atoms with Gasteiger partial charge in [-0.05, 0) is 24.3 Å². The van der Waals surface area contributed by atoms with E-state index in [2.05, 4.69) is 14.9 Å². The molecule has 0 spiro atoms. The highest BCUT2D eigenvalue weighted by Gasteiger charge is 2.29. The summed E-state index contributed by atoms with van der Waals surface area (Å²) in [6.07, 6.45) is 3.03. The number of hydrogen-bond donors (Lipinski definition) is 0. The zero-order valence-electron chi connectivity index (χ0n) is 11.8. The van der Waals surface area contributed by atoms with Gasteiger partial charge in [0.1, 0.15) is 15.9 Å². The van der Waals surface area contributed by atoms with Gasteiger partial charge >= 0.3 is 0 Å². The van der Waals surface area contributed by atoms with E-state index < -0.39 is 10.0 Å². The lowest BCUT2D eigenvalue weighted by Crippen LogP contribution is -2.48. The first kappa shape index (κ1) is 15.2. The van der Waals surface area contributed by atoms with E-state index in [1.54, 1.807) is 6.20 Å². The van der Waals surface area contributed by atoms with E-state index in [1.807, 2.05) is 18.2 Å². The Bertz CT molecular complexity index is 729. The summed E-state index contributed by atoms with van der Waals surface area (Å²) in [5.74, 6) is 0.868. The third-order valence-electron chi connectivity index (χ3n) is 3.55. The van der Waals surface area contributed by atoms with Crippen LogP contribution < -0.4 is 4.90 Å². The first-order chi connectivity index (χ1) is 10.6. The van der Waals surface area contributed by atoms with E-state index in [0.29, 0.717) is 26.2 Å². The fourth-order valence-electron chi connectivity index (χ4n) is 2.36. The molecule has 0 aromatic carbocycles. The summed E-state index contributed by atoms with van der Waals surface area (Å²) in [6, 6.07) is 8.67. The van der Waals surface area contributed by atoms with Crippen molar-refractivity contribution in [2.75, 3.05) is 31.1 Å².